The molecule has 0 bridgehead atoms. The lowest BCUT2D eigenvalue weighted by Gasteiger charge is -2.05. The standard InChI is InChI=1S/C12H15N5/c1-9-3-2-4-11(7-9)17-12(14-15-16-17)8-13-10-5-6-10/h2-4,7,10,13H,5-6,8H2,1H3. The van der Waals surface area contributed by atoms with Crippen LogP contribution in [0.1, 0.15) is 24.2 Å². The minimum atomic E-state index is 0.664. The van der Waals surface area contributed by atoms with E-state index < -0.39 is 0 Å². The van der Waals surface area contributed by atoms with E-state index in [9.17, 15) is 0 Å². The number of rotatable bonds is 4. The molecule has 0 spiro atoms. The second kappa shape index (κ2) is 4.25. The van der Waals surface area contributed by atoms with Gasteiger partial charge in [0.2, 0.25) is 0 Å². The van der Waals surface area contributed by atoms with E-state index in [0.29, 0.717) is 6.04 Å². The van der Waals surface area contributed by atoms with Gasteiger partial charge in [0.15, 0.2) is 5.82 Å². The molecule has 1 aromatic carbocycles. The van der Waals surface area contributed by atoms with Crippen LogP contribution in [0.2, 0.25) is 0 Å². The Morgan fingerprint density at radius 3 is 3.06 bits per heavy atom. The van der Waals surface area contributed by atoms with E-state index in [1.54, 1.807) is 4.68 Å². The van der Waals surface area contributed by atoms with Crippen LogP contribution in [0.15, 0.2) is 24.3 Å². The molecule has 0 amide bonds. The van der Waals surface area contributed by atoms with E-state index in [1.807, 2.05) is 12.1 Å². The van der Waals surface area contributed by atoms with Crippen molar-refractivity contribution in [3.05, 3.63) is 35.7 Å². The molecule has 5 nitrogen and oxygen atoms in total. The lowest BCUT2D eigenvalue weighted by molar-refractivity contribution is 0.637. The van der Waals surface area contributed by atoms with Gasteiger partial charge in [0.1, 0.15) is 0 Å². The first kappa shape index (κ1) is 10.4. The first-order valence-electron chi connectivity index (χ1n) is 5.90. The molecular formula is C12H15N5. The highest BCUT2D eigenvalue weighted by Gasteiger charge is 2.21. The number of benzene rings is 1. The van der Waals surface area contributed by atoms with E-state index in [1.165, 1.54) is 18.4 Å². The lowest BCUT2D eigenvalue weighted by Crippen LogP contribution is -2.18. The fourth-order valence-corrected chi connectivity index (χ4v) is 1.80. The van der Waals surface area contributed by atoms with E-state index >= 15 is 0 Å². The van der Waals surface area contributed by atoms with E-state index in [4.69, 9.17) is 0 Å². The maximum absolute atomic E-state index is 4.06. The van der Waals surface area contributed by atoms with Crippen molar-refractivity contribution in [3.8, 4) is 5.69 Å². The number of nitrogens with zero attached hydrogens (tertiary/aromatic N) is 4. The average molecular weight is 229 g/mol. The monoisotopic (exact) mass is 229 g/mol. The molecule has 5 heteroatoms. The Balaban J connectivity index is 1.83. The number of hydrogen-bond acceptors (Lipinski definition) is 4. The molecule has 3 rings (SSSR count). The van der Waals surface area contributed by atoms with Crippen molar-refractivity contribution in [1.82, 2.24) is 25.5 Å². The lowest BCUT2D eigenvalue weighted by atomic mass is 10.2. The molecule has 0 atom stereocenters. The fourth-order valence-electron chi connectivity index (χ4n) is 1.80. The van der Waals surface area contributed by atoms with Gasteiger partial charge in [-0.2, -0.15) is 4.68 Å². The summed E-state index contributed by atoms with van der Waals surface area (Å²) >= 11 is 0. The summed E-state index contributed by atoms with van der Waals surface area (Å²) in [6, 6.07) is 8.85. The molecule has 0 unspecified atom stereocenters. The number of nitrogens with one attached hydrogen (secondary N) is 1. The van der Waals surface area contributed by atoms with Crippen molar-refractivity contribution in [1.29, 1.82) is 0 Å². The zero-order valence-electron chi connectivity index (χ0n) is 9.80. The summed E-state index contributed by atoms with van der Waals surface area (Å²) in [7, 11) is 0. The molecule has 0 radical (unpaired) electrons. The van der Waals surface area contributed by atoms with Gasteiger partial charge >= 0.3 is 0 Å². The van der Waals surface area contributed by atoms with Crippen LogP contribution in [-0.4, -0.2) is 26.2 Å². The van der Waals surface area contributed by atoms with Crippen molar-refractivity contribution in [2.24, 2.45) is 0 Å². The van der Waals surface area contributed by atoms with Gasteiger partial charge in [0, 0.05) is 6.04 Å². The van der Waals surface area contributed by atoms with Crippen LogP contribution in [0.4, 0.5) is 0 Å². The molecule has 1 aromatic heterocycles. The molecule has 2 aromatic rings. The summed E-state index contributed by atoms with van der Waals surface area (Å²) in [4.78, 5) is 0. The van der Waals surface area contributed by atoms with Gasteiger partial charge < -0.3 is 5.32 Å². The van der Waals surface area contributed by atoms with Crippen LogP contribution >= 0.6 is 0 Å². The Morgan fingerprint density at radius 1 is 1.41 bits per heavy atom. The normalized spacial score (nSPS) is 15.1. The molecule has 1 heterocycles. The third-order valence-corrected chi connectivity index (χ3v) is 2.91. The summed E-state index contributed by atoms with van der Waals surface area (Å²) in [6.07, 6.45) is 2.54. The molecular weight excluding hydrogens is 214 g/mol. The highest BCUT2D eigenvalue weighted by Crippen LogP contribution is 2.19. The maximum atomic E-state index is 4.06. The molecule has 17 heavy (non-hydrogen) atoms. The number of aryl methyl sites for hydroxylation is 1. The van der Waals surface area contributed by atoms with Crippen LogP contribution in [0.25, 0.3) is 5.69 Å². The Bertz CT molecular complexity index is 515. The van der Waals surface area contributed by atoms with Gasteiger partial charge in [-0.3, -0.25) is 0 Å². The SMILES string of the molecule is Cc1cccc(-n2nnnc2CNC2CC2)c1. The van der Waals surface area contributed by atoms with Crippen molar-refractivity contribution in [3.63, 3.8) is 0 Å². The van der Waals surface area contributed by atoms with Crippen molar-refractivity contribution in [2.75, 3.05) is 0 Å². The Morgan fingerprint density at radius 2 is 2.29 bits per heavy atom. The third kappa shape index (κ3) is 2.34. The summed E-state index contributed by atoms with van der Waals surface area (Å²) in [5, 5.41) is 15.3. The highest BCUT2D eigenvalue weighted by atomic mass is 15.5. The quantitative estimate of drug-likeness (QED) is 0.856. The van der Waals surface area contributed by atoms with Gasteiger partial charge in [-0.05, 0) is 47.9 Å². The van der Waals surface area contributed by atoms with Crippen LogP contribution in [0.5, 0.6) is 0 Å². The smallest absolute Gasteiger partial charge is 0.170 e. The second-order valence-corrected chi connectivity index (χ2v) is 4.50. The van der Waals surface area contributed by atoms with Crippen LogP contribution < -0.4 is 5.32 Å². The number of tetrazole rings is 1. The zero-order chi connectivity index (χ0) is 11.7. The maximum Gasteiger partial charge on any atom is 0.170 e. The first-order chi connectivity index (χ1) is 8.33. The van der Waals surface area contributed by atoms with Crippen LogP contribution in [-0.2, 0) is 6.54 Å². The second-order valence-electron chi connectivity index (χ2n) is 4.50. The molecule has 0 aliphatic heterocycles. The third-order valence-electron chi connectivity index (χ3n) is 2.91. The summed E-state index contributed by atoms with van der Waals surface area (Å²) < 4.78 is 1.79. The van der Waals surface area contributed by atoms with Crippen molar-refractivity contribution in [2.45, 2.75) is 32.4 Å². The Kier molecular flexibility index (Phi) is 2.60. The van der Waals surface area contributed by atoms with Crippen LogP contribution in [0.3, 0.4) is 0 Å². The Hall–Kier alpha value is -1.75. The molecule has 1 aliphatic carbocycles. The van der Waals surface area contributed by atoms with E-state index in [2.05, 4.69) is 39.9 Å². The predicted octanol–water partition coefficient (Wildman–Crippen LogP) is 1.22. The van der Waals surface area contributed by atoms with Crippen LogP contribution in [0, 0.1) is 6.92 Å². The fraction of sp³-hybridized carbons (Fsp3) is 0.417. The van der Waals surface area contributed by atoms with E-state index in [-0.39, 0.29) is 0 Å². The minimum absolute atomic E-state index is 0.664. The van der Waals surface area contributed by atoms with Gasteiger partial charge in [0.05, 0.1) is 12.2 Å². The van der Waals surface area contributed by atoms with Gasteiger partial charge in [-0.1, -0.05) is 12.1 Å². The predicted molar refractivity (Wildman–Crippen MR) is 63.8 cm³/mol. The summed E-state index contributed by atoms with van der Waals surface area (Å²) in [5.74, 6) is 0.863. The molecule has 1 aliphatic rings. The largest absolute Gasteiger partial charge is 0.307 e. The topological polar surface area (TPSA) is 55.6 Å². The highest BCUT2D eigenvalue weighted by molar-refractivity contribution is 5.34. The number of hydrogen-bond donors (Lipinski definition) is 1. The minimum Gasteiger partial charge on any atom is -0.307 e. The van der Waals surface area contributed by atoms with Gasteiger partial charge in [-0.25, -0.2) is 0 Å². The molecule has 1 saturated carbocycles. The van der Waals surface area contributed by atoms with Gasteiger partial charge in [0.25, 0.3) is 0 Å². The average Bonchev–Trinajstić information content (AvgIpc) is 3.04. The van der Waals surface area contributed by atoms with Crippen molar-refractivity contribution >= 4 is 0 Å². The van der Waals surface area contributed by atoms with E-state index in [0.717, 1.165) is 18.1 Å². The zero-order valence-corrected chi connectivity index (χ0v) is 9.80. The van der Waals surface area contributed by atoms with Crippen molar-refractivity contribution < 1.29 is 0 Å². The summed E-state index contributed by atoms with van der Waals surface area (Å²) in [6.45, 7) is 2.79. The summed E-state index contributed by atoms with van der Waals surface area (Å²) in [5.41, 5.74) is 2.22. The molecule has 1 N–H and O–H groups in total. The first-order valence-corrected chi connectivity index (χ1v) is 5.90. The number of aromatic nitrogens is 4. The molecule has 88 valence electrons. The molecule has 0 saturated heterocycles. The molecule has 1 fully saturated rings. The Labute approximate surface area is 99.8 Å². The van der Waals surface area contributed by atoms with Gasteiger partial charge in [-0.15, -0.1) is 5.10 Å².